The summed E-state index contributed by atoms with van der Waals surface area (Å²) < 4.78 is 0. The predicted molar refractivity (Wildman–Crippen MR) is 52.7 cm³/mol. The molecular weight excluding hydrogens is 172 g/mol. The van der Waals surface area contributed by atoms with Gasteiger partial charge >= 0.3 is 0 Å². The lowest BCUT2D eigenvalue weighted by atomic mass is 10.2. The molecule has 0 saturated heterocycles. The second-order valence-corrected chi connectivity index (χ2v) is 3.08. The van der Waals surface area contributed by atoms with Crippen molar-refractivity contribution in [2.45, 2.75) is 0 Å². The average Bonchev–Trinajstić information content (AvgIpc) is 2.03. The summed E-state index contributed by atoms with van der Waals surface area (Å²) in [6.07, 6.45) is 1.79. The molecule has 64 valence electrons. The SMILES string of the molecule is CN(C)/N=C/c1ccc(Cl)cc1. The molecule has 0 aliphatic carbocycles. The van der Waals surface area contributed by atoms with Gasteiger partial charge in [-0.3, -0.25) is 0 Å². The first-order chi connectivity index (χ1) is 5.68. The van der Waals surface area contributed by atoms with Gasteiger partial charge in [0.1, 0.15) is 0 Å². The Morgan fingerprint density at radius 3 is 2.33 bits per heavy atom. The second-order valence-electron chi connectivity index (χ2n) is 2.64. The van der Waals surface area contributed by atoms with Crippen LogP contribution in [0.5, 0.6) is 0 Å². The van der Waals surface area contributed by atoms with Crippen LogP contribution in [0.25, 0.3) is 0 Å². The maximum atomic E-state index is 5.72. The zero-order valence-corrected chi connectivity index (χ0v) is 7.92. The largest absolute Gasteiger partial charge is 0.303 e. The van der Waals surface area contributed by atoms with Gasteiger partial charge in [-0.1, -0.05) is 23.7 Å². The molecule has 1 aromatic carbocycles. The van der Waals surface area contributed by atoms with Crippen LogP contribution < -0.4 is 0 Å². The Morgan fingerprint density at radius 1 is 1.25 bits per heavy atom. The first kappa shape index (κ1) is 9.07. The van der Waals surface area contributed by atoms with Crippen LogP contribution in [0.2, 0.25) is 5.02 Å². The minimum atomic E-state index is 0.747. The van der Waals surface area contributed by atoms with E-state index in [-0.39, 0.29) is 0 Å². The molecule has 3 heteroatoms. The molecule has 0 aromatic heterocycles. The van der Waals surface area contributed by atoms with Crippen LogP contribution >= 0.6 is 11.6 Å². The van der Waals surface area contributed by atoms with Crippen molar-refractivity contribution in [2.75, 3.05) is 14.1 Å². The van der Waals surface area contributed by atoms with Gasteiger partial charge in [-0.05, 0) is 17.7 Å². The molecule has 0 aliphatic heterocycles. The molecule has 0 spiro atoms. The van der Waals surface area contributed by atoms with E-state index in [1.54, 1.807) is 11.2 Å². The minimum Gasteiger partial charge on any atom is -0.303 e. The normalized spacial score (nSPS) is 10.6. The lowest BCUT2D eigenvalue weighted by Crippen LogP contribution is -2.01. The number of rotatable bonds is 2. The molecule has 0 bridgehead atoms. The fourth-order valence-electron chi connectivity index (χ4n) is 0.731. The molecule has 0 heterocycles. The Balaban J connectivity index is 2.71. The van der Waals surface area contributed by atoms with Gasteiger partial charge in [0.25, 0.3) is 0 Å². The highest BCUT2D eigenvalue weighted by molar-refractivity contribution is 6.30. The van der Waals surface area contributed by atoms with E-state index >= 15 is 0 Å². The number of halogens is 1. The summed E-state index contributed by atoms with van der Waals surface area (Å²) >= 11 is 5.72. The van der Waals surface area contributed by atoms with Gasteiger partial charge < -0.3 is 5.01 Å². The van der Waals surface area contributed by atoms with Crippen molar-refractivity contribution < 1.29 is 0 Å². The van der Waals surface area contributed by atoms with Gasteiger partial charge in [0.05, 0.1) is 6.21 Å². The third kappa shape index (κ3) is 2.93. The molecule has 0 radical (unpaired) electrons. The van der Waals surface area contributed by atoms with Crippen molar-refractivity contribution in [3.63, 3.8) is 0 Å². The molecule has 0 fully saturated rings. The van der Waals surface area contributed by atoms with Crippen molar-refractivity contribution in [1.29, 1.82) is 0 Å². The fourth-order valence-corrected chi connectivity index (χ4v) is 0.857. The molecule has 12 heavy (non-hydrogen) atoms. The average molecular weight is 183 g/mol. The summed E-state index contributed by atoms with van der Waals surface area (Å²) in [5, 5.41) is 6.58. The van der Waals surface area contributed by atoms with Crippen LogP contribution in [0.4, 0.5) is 0 Å². The number of hydrazone groups is 1. The summed E-state index contributed by atoms with van der Waals surface area (Å²) in [5.74, 6) is 0. The highest BCUT2D eigenvalue weighted by Gasteiger charge is 1.87. The van der Waals surface area contributed by atoms with Crippen molar-refractivity contribution in [1.82, 2.24) is 5.01 Å². The fraction of sp³-hybridized carbons (Fsp3) is 0.222. The van der Waals surface area contributed by atoms with E-state index in [0.717, 1.165) is 10.6 Å². The van der Waals surface area contributed by atoms with E-state index in [1.807, 2.05) is 38.4 Å². The Labute approximate surface area is 77.5 Å². The number of hydrogen-bond donors (Lipinski definition) is 0. The van der Waals surface area contributed by atoms with E-state index in [4.69, 9.17) is 11.6 Å². The van der Waals surface area contributed by atoms with Crippen molar-refractivity contribution in [3.8, 4) is 0 Å². The standard InChI is InChI=1S/C9H11ClN2/c1-12(2)11-7-8-3-5-9(10)6-4-8/h3-7H,1-2H3/b11-7+. The van der Waals surface area contributed by atoms with Gasteiger partial charge in [0, 0.05) is 19.1 Å². The maximum Gasteiger partial charge on any atom is 0.0542 e. The highest BCUT2D eigenvalue weighted by Crippen LogP contribution is 2.07. The highest BCUT2D eigenvalue weighted by atomic mass is 35.5. The first-order valence-corrected chi connectivity index (χ1v) is 4.03. The summed E-state index contributed by atoms with van der Waals surface area (Å²) in [5.41, 5.74) is 1.05. The lowest BCUT2D eigenvalue weighted by molar-refractivity contribution is 0.440. The summed E-state index contributed by atoms with van der Waals surface area (Å²) in [6.45, 7) is 0. The molecule has 1 rings (SSSR count). The molecule has 0 N–H and O–H groups in total. The lowest BCUT2D eigenvalue weighted by Gasteiger charge is -2.01. The van der Waals surface area contributed by atoms with Crippen LogP contribution in [0.3, 0.4) is 0 Å². The molecule has 0 saturated carbocycles. The van der Waals surface area contributed by atoms with Gasteiger partial charge in [-0.15, -0.1) is 0 Å². The minimum absolute atomic E-state index is 0.747. The third-order valence-corrected chi connectivity index (χ3v) is 1.56. The van der Waals surface area contributed by atoms with Crippen molar-refractivity contribution >= 4 is 17.8 Å². The molecule has 2 nitrogen and oxygen atoms in total. The molecule has 0 aliphatic rings. The predicted octanol–water partition coefficient (Wildman–Crippen LogP) is 2.24. The van der Waals surface area contributed by atoms with E-state index in [0.29, 0.717) is 0 Å². The van der Waals surface area contributed by atoms with Gasteiger partial charge in [0.2, 0.25) is 0 Å². The topological polar surface area (TPSA) is 15.6 Å². The summed E-state index contributed by atoms with van der Waals surface area (Å²) in [4.78, 5) is 0. The second kappa shape index (κ2) is 4.12. The third-order valence-electron chi connectivity index (χ3n) is 1.31. The van der Waals surface area contributed by atoms with Gasteiger partial charge in [-0.2, -0.15) is 5.10 Å². The zero-order valence-electron chi connectivity index (χ0n) is 7.16. The Hall–Kier alpha value is -1.02. The van der Waals surface area contributed by atoms with E-state index in [1.165, 1.54) is 0 Å². The molecule has 0 amide bonds. The van der Waals surface area contributed by atoms with E-state index in [2.05, 4.69) is 5.10 Å². The Kier molecular flexibility index (Phi) is 3.11. The first-order valence-electron chi connectivity index (χ1n) is 3.65. The quantitative estimate of drug-likeness (QED) is 0.506. The Morgan fingerprint density at radius 2 is 1.83 bits per heavy atom. The van der Waals surface area contributed by atoms with E-state index in [9.17, 15) is 0 Å². The zero-order chi connectivity index (χ0) is 8.97. The number of benzene rings is 1. The van der Waals surface area contributed by atoms with E-state index < -0.39 is 0 Å². The van der Waals surface area contributed by atoms with Crippen LogP contribution in [-0.4, -0.2) is 25.3 Å². The molecule has 1 aromatic rings. The van der Waals surface area contributed by atoms with Crippen LogP contribution in [0, 0.1) is 0 Å². The molecular formula is C9H11ClN2. The Bertz CT molecular complexity index is 264. The summed E-state index contributed by atoms with van der Waals surface area (Å²) in [6, 6.07) is 7.54. The summed E-state index contributed by atoms with van der Waals surface area (Å²) in [7, 11) is 3.76. The monoisotopic (exact) mass is 182 g/mol. The van der Waals surface area contributed by atoms with Crippen LogP contribution in [0.15, 0.2) is 29.4 Å². The number of hydrogen-bond acceptors (Lipinski definition) is 2. The molecule has 0 unspecified atom stereocenters. The molecule has 0 atom stereocenters. The maximum absolute atomic E-state index is 5.72. The van der Waals surface area contributed by atoms with Crippen molar-refractivity contribution in [3.05, 3.63) is 34.9 Å². The van der Waals surface area contributed by atoms with Crippen molar-refractivity contribution in [2.24, 2.45) is 5.10 Å². The van der Waals surface area contributed by atoms with Crippen LogP contribution in [-0.2, 0) is 0 Å². The van der Waals surface area contributed by atoms with Gasteiger partial charge in [-0.25, -0.2) is 0 Å². The van der Waals surface area contributed by atoms with Crippen LogP contribution in [0.1, 0.15) is 5.56 Å². The van der Waals surface area contributed by atoms with Gasteiger partial charge in [0.15, 0.2) is 0 Å². The smallest absolute Gasteiger partial charge is 0.0542 e. The number of nitrogens with zero attached hydrogens (tertiary/aromatic N) is 2.